The summed E-state index contributed by atoms with van der Waals surface area (Å²) in [6.45, 7) is 7.77. The van der Waals surface area contributed by atoms with Crippen molar-refractivity contribution in [3.8, 4) is 0 Å². The second kappa shape index (κ2) is 8.29. The zero-order chi connectivity index (χ0) is 21.2. The lowest BCUT2D eigenvalue weighted by Crippen LogP contribution is -2.22. The summed E-state index contributed by atoms with van der Waals surface area (Å²) in [5.41, 5.74) is -0.264. The molecule has 3 heterocycles. The molecule has 29 heavy (non-hydrogen) atoms. The van der Waals surface area contributed by atoms with Gasteiger partial charge in [0, 0.05) is 32.8 Å². The molecule has 0 radical (unpaired) electrons. The molecule has 3 aromatic rings. The molecule has 6 nitrogen and oxygen atoms in total. The van der Waals surface area contributed by atoms with E-state index in [0.29, 0.717) is 30.2 Å². The van der Waals surface area contributed by atoms with Gasteiger partial charge in [0.25, 0.3) is 0 Å². The highest BCUT2D eigenvalue weighted by molar-refractivity contribution is 6.76. The number of aromatic nitrogens is 4. The molecule has 0 saturated carbocycles. The minimum Gasteiger partial charge on any atom is -0.361 e. The summed E-state index contributed by atoms with van der Waals surface area (Å²) in [6.07, 6.45) is -1.67. The fourth-order valence-electron chi connectivity index (χ4n) is 2.58. The van der Waals surface area contributed by atoms with Crippen LogP contribution in [0.2, 0.25) is 31.0 Å². The van der Waals surface area contributed by atoms with Gasteiger partial charge in [0.05, 0.1) is 5.39 Å². The maximum Gasteiger partial charge on any atom is 0.433 e. The topological polar surface area (TPSA) is 64.9 Å². The van der Waals surface area contributed by atoms with Crippen LogP contribution in [0.15, 0.2) is 30.6 Å². The zero-order valence-electron chi connectivity index (χ0n) is 16.2. The van der Waals surface area contributed by atoms with Crippen LogP contribution < -0.4 is 5.32 Å². The Balaban J connectivity index is 1.82. The highest BCUT2D eigenvalue weighted by Gasteiger charge is 2.32. The summed E-state index contributed by atoms with van der Waals surface area (Å²) < 4.78 is 46.2. The van der Waals surface area contributed by atoms with Crippen LogP contribution in [0.4, 0.5) is 24.7 Å². The number of nitrogens with one attached hydrogen (secondary N) is 1. The van der Waals surface area contributed by atoms with E-state index in [1.165, 1.54) is 6.07 Å². The maximum atomic E-state index is 12.9. The van der Waals surface area contributed by atoms with Gasteiger partial charge in [-0.05, 0) is 35.8 Å². The lowest BCUT2D eigenvalue weighted by Gasteiger charge is -2.15. The molecule has 0 amide bonds. The van der Waals surface area contributed by atoms with Crippen molar-refractivity contribution in [3.05, 3.63) is 41.6 Å². The molecule has 0 spiro atoms. The molecule has 0 atom stereocenters. The molecule has 0 fully saturated rings. The van der Waals surface area contributed by atoms with Gasteiger partial charge < -0.3 is 14.6 Å². The maximum absolute atomic E-state index is 12.9. The lowest BCUT2D eigenvalue weighted by atomic mass is 10.3. The predicted molar refractivity (Wildman–Crippen MR) is 109 cm³/mol. The number of rotatable bonds is 7. The molecule has 0 aromatic carbocycles. The van der Waals surface area contributed by atoms with Gasteiger partial charge in [-0.15, -0.1) is 0 Å². The highest BCUT2D eigenvalue weighted by Crippen LogP contribution is 2.31. The third-order valence-corrected chi connectivity index (χ3v) is 6.00. The summed E-state index contributed by atoms with van der Waals surface area (Å²) in [4.78, 5) is 11.7. The molecule has 156 valence electrons. The van der Waals surface area contributed by atoms with Crippen LogP contribution in [0.1, 0.15) is 5.69 Å². The normalized spacial score (nSPS) is 12.5. The molecule has 0 saturated heterocycles. The van der Waals surface area contributed by atoms with Crippen molar-refractivity contribution in [2.75, 3.05) is 11.9 Å². The van der Waals surface area contributed by atoms with E-state index in [1.807, 2.05) is 0 Å². The molecule has 0 aliphatic heterocycles. The molecule has 1 N–H and O–H groups in total. The van der Waals surface area contributed by atoms with Crippen LogP contribution in [0.3, 0.4) is 0 Å². The molecule has 11 heteroatoms. The Labute approximate surface area is 172 Å². The zero-order valence-corrected chi connectivity index (χ0v) is 18.0. The van der Waals surface area contributed by atoms with Crippen molar-refractivity contribution in [2.45, 2.75) is 38.6 Å². The van der Waals surface area contributed by atoms with Gasteiger partial charge in [-0.1, -0.05) is 19.6 Å². The molecule has 0 unspecified atom stereocenters. The number of fused-ring (bicyclic) bond motifs is 1. The van der Waals surface area contributed by atoms with Gasteiger partial charge in [-0.25, -0.2) is 0 Å². The fourth-order valence-corrected chi connectivity index (χ4v) is 3.50. The third-order valence-electron chi connectivity index (χ3n) is 4.13. The second-order valence-corrected chi connectivity index (χ2v) is 13.7. The molecule has 3 aromatic heterocycles. The first-order valence-corrected chi connectivity index (χ1v) is 13.0. The number of anilines is 2. The van der Waals surface area contributed by atoms with Crippen molar-refractivity contribution >= 4 is 42.2 Å². The summed E-state index contributed by atoms with van der Waals surface area (Å²) in [5.74, 6) is 0.306. The van der Waals surface area contributed by atoms with E-state index in [9.17, 15) is 13.2 Å². The van der Waals surface area contributed by atoms with Crippen LogP contribution in [0.25, 0.3) is 11.0 Å². The van der Waals surface area contributed by atoms with E-state index in [2.05, 4.69) is 39.9 Å². The Bertz CT molecular complexity index is 1000. The van der Waals surface area contributed by atoms with Crippen molar-refractivity contribution < 1.29 is 17.9 Å². The van der Waals surface area contributed by atoms with Crippen LogP contribution in [0, 0.1) is 0 Å². The van der Waals surface area contributed by atoms with E-state index >= 15 is 0 Å². The number of hydrogen-bond acceptors (Lipinski definition) is 5. The van der Waals surface area contributed by atoms with Gasteiger partial charge in [-0.3, -0.25) is 4.98 Å². The first kappa shape index (κ1) is 21.5. The molecule has 0 aliphatic rings. The van der Waals surface area contributed by atoms with Crippen molar-refractivity contribution in [1.82, 2.24) is 19.5 Å². The Morgan fingerprint density at radius 1 is 1.21 bits per heavy atom. The van der Waals surface area contributed by atoms with Gasteiger partial charge in [-0.2, -0.15) is 23.1 Å². The third kappa shape index (κ3) is 5.68. The smallest absolute Gasteiger partial charge is 0.361 e. The van der Waals surface area contributed by atoms with Crippen molar-refractivity contribution in [3.63, 3.8) is 0 Å². The molecule has 0 bridgehead atoms. The number of alkyl halides is 3. The minimum atomic E-state index is -4.53. The Kier molecular flexibility index (Phi) is 6.15. The quantitative estimate of drug-likeness (QED) is 0.294. The first-order chi connectivity index (χ1) is 13.5. The molecule has 0 aliphatic carbocycles. The lowest BCUT2D eigenvalue weighted by molar-refractivity contribution is -0.141. The van der Waals surface area contributed by atoms with Crippen LogP contribution in [-0.2, 0) is 17.6 Å². The number of hydrogen-bond donors (Lipinski definition) is 1. The fraction of sp³-hybridized carbons (Fsp3) is 0.389. The van der Waals surface area contributed by atoms with E-state index in [4.69, 9.17) is 16.3 Å². The average Bonchev–Trinajstić information content (AvgIpc) is 3.00. The first-order valence-electron chi connectivity index (χ1n) is 8.93. The van der Waals surface area contributed by atoms with E-state index < -0.39 is 19.9 Å². The minimum absolute atomic E-state index is 0.0212. The van der Waals surface area contributed by atoms with Crippen molar-refractivity contribution in [1.29, 1.82) is 0 Å². The van der Waals surface area contributed by atoms with Gasteiger partial charge in [0.1, 0.15) is 23.9 Å². The van der Waals surface area contributed by atoms with E-state index in [1.54, 1.807) is 16.8 Å². The number of nitrogens with zero attached hydrogens (tertiary/aromatic N) is 4. The van der Waals surface area contributed by atoms with E-state index in [0.717, 1.165) is 18.3 Å². The molecule has 3 rings (SSSR count). The monoisotopic (exact) mass is 443 g/mol. The summed E-state index contributed by atoms with van der Waals surface area (Å²) in [6, 6.07) is 5.14. The molecular formula is C18H21ClF3N5OSi. The SMILES string of the molecule is C[Si](C)(C)CCOCn1ccc2c(Nc3ccnc(C(F)(F)F)c3)nc(Cl)nc21. The van der Waals surface area contributed by atoms with E-state index in [-0.39, 0.29) is 11.0 Å². The Hall–Kier alpha value is -2.17. The average molecular weight is 444 g/mol. The highest BCUT2D eigenvalue weighted by atomic mass is 35.5. The molecular weight excluding hydrogens is 423 g/mol. The standard InChI is InChI=1S/C18H21ClF3N5OSi/c1-29(2,3)9-8-28-11-27-7-5-13-15(25-17(19)26-16(13)27)24-12-4-6-23-14(10-12)18(20,21)22/h4-7,10H,8-9,11H2,1-3H3,(H,23,24,25,26). The van der Waals surface area contributed by atoms with Crippen molar-refractivity contribution in [2.24, 2.45) is 0 Å². The Morgan fingerprint density at radius 2 is 1.97 bits per heavy atom. The van der Waals surface area contributed by atoms with Gasteiger partial charge in [0.15, 0.2) is 0 Å². The second-order valence-electron chi connectivity index (χ2n) is 7.76. The predicted octanol–water partition coefficient (Wildman–Crippen LogP) is 5.55. The number of halogens is 4. The summed E-state index contributed by atoms with van der Waals surface area (Å²) >= 11 is 6.04. The summed E-state index contributed by atoms with van der Waals surface area (Å²) in [5, 5.41) is 3.47. The van der Waals surface area contributed by atoms with Crippen LogP contribution >= 0.6 is 11.6 Å². The summed E-state index contributed by atoms with van der Waals surface area (Å²) in [7, 11) is -1.19. The van der Waals surface area contributed by atoms with Gasteiger partial charge >= 0.3 is 6.18 Å². The Morgan fingerprint density at radius 3 is 2.66 bits per heavy atom. The largest absolute Gasteiger partial charge is 0.433 e. The van der Waals surface area contributed by atoms with Crippen LogP contribution in [0.5, 0.6) is 0 Å². The number of pyridine rings is 1. The van der Waals surface area contributed by atoms with Gasteiger partial charge in [0.2, 0.25) is 5.28 Å². The number of ether oxygens (including phenoxy) is 1. The van der Waals surface area contributed by atoms with Crippen LogP contribution in [-0.4, -0.2) is 34.2 Å².